The van der Waals surface area contributed by atoms with E-state index in [-0.39, 0.29) is 23.3 Å². The van der Waals surface area contributed by atoms with E-state index in [0.717, 1.165) is 18.5 Å². The van der Waals surface area contributed by atoms with E-state index in [1.54, 1.807) is 24.3 Å². The van der Waals surface area contributed by atoms with E-state index in [1.807, 2.05) is 34.9 Å². The first kappa shape index (κ1) is 18.3. The number of halogens is 1. The number of benzene rings is 2. The van der Waals surface area contributed by atoms with Gasteiger partial charge in [0.1, 0.15) is 0 Å². The Morgan fingerprint density at radius 2 is 1.68 bits per heavy atom. The van der Waals surface area contributed by atoms with E-state index < -0.39 is 0 Å². The van der Waals surface area contributed by atoms with Crippen molar-refractivity contribution in [1.82, 2.24) is 9.55 Å². The number of carbonyl (C=O) groups is 2. The lowest BCUT2D eigenvalue weighted by molar-refractivity contribution is 0.101. The molecule has 142 valence electrons. The van der Waals surface area contributed by atoms with Gasteiger partial charge < -0.3 is 15.2 Å². The SMILES string of the molecule is O=C(Nc1ccccc1Cl)c1nc(C(=O)Nc2ccccc2)n2c1CCCC2. The van der Waals surface area contributed by atoms with Crippen LogP contribution in [0.4, 0.5) is 11.4 Å². The molecule has 1 aromatic heterocycles. The standard InChI is InChI=1S/C21H19ClN4O2/c22-15-10-4-5-11-16(15)24-20(27)18-17-12-6-7-13-26(17)19(25-18)21(28)23-14-8-2-1-3-9-14/h1-5,8-11H,6-7,12-13H2,(H,23,28)(H,24,27). The number of rotatable bonds is 4. The lowest BCUT2D eigenvalue weighted by atomic mass is 10.1. The Bertz CT molecular complexity index is 1030. The van der Waals surface area contributed by atoms with E-state index in [4.69, 9.17) is 11.6 Å². The molecule has 0 aliphatic carbocycles. The molecule has 2 aromatic carbocycles. The summed E-state index contributed by atoms with van der Waals surface area (Å²) in [4.78, 5) is 30.1. The summed E-state index contributed by atoms with van der Waals surface area (Å²) in [5.74, 6) is -0.438. The van der Waals surface area contributed by atoms with Gasteiger partial charge in [0.15, 0.2) is 11.5 Å². The fourth-order valence-electron chi connectivity index (χ4n) is 3.35. The molecule has 2 heterocycles. The molecule has 1 aliphatic heterocycles. The summed E-state index contributed by atoms with van der Waals surface area (Å²) in [7, 11) is 0. The van der Waals surface area contributed by atoms with Crippen LogP contribution in [0.15, 0.2) is 54.6 Å². The molecule has 0 fully saturated rings. The van der Waals surface area contributed by atoms with Crippen molar-refractivity contribution < 1.29 is 9.59 Å². The van der Waals surface area contributed by atoms with Gasteiger partial charge in [0.2, 0.25) is 0 Å². The third kappa shape index (κ3) is 3.64. The average molecular weight is 395 g/mol. The number of nitrogens with zero attached hydrogens (tertiary/aromatic N) is 2. The number of anilines is 2. The zero-order valence-electron chi connectivity index (χ0n) is 15.1. The molecule has 28 heavy (non-hydrogen) atoms. The van der Waals surface area contributed by atoms with E-state index in [2.05, 4.69) is 15.6 Å². The Morgan fingerprint density at radius 3 is 2.46 bits per heavy atom. The lowest BCUT2D eigenvalue weighted by Crippen LogP contribution is -2.21. The fraction of sp³-hybridized carbons (Fsp3) is 0.190. The van der Waals surface area contributed by atoms with Gasteiger partial charge in [0.25, 0.3) is 11.8 Å². The predicted octanol–water partition coefficient (Wildman–Crippen LogP) is 4.38. The van der Waals surface area contributed by atoms with Crippen molar-refractivity contribution in [2.45, 2.75) is 25.8 Å². The average Bonchev–Trinajstić information content (AvgIpc) is 3.10. The summed E-state index contributed by atoms with van der Waals surface area (Å²) in [5, 5.41) is 6.09. The molecule has 3 aromatic rings. The van der Waals surface area contributed by atoms with Gasteiger partial charge in [0.05, 0.1) is 16.4 Å². The second-order valence-electron chi connectivity index (χ2n) is 6.59. The van der Waals surface area contributed by atoms with Crippen LogP contribution in [0.25, 0.3) is 0 Å². The summed E-state index contributed by atoms with van der Waals surface area (Å²) in [5.41, 5.74) is 2.26. The first-order valence-electron chi connectivity index (χ1n) is 9.15. The van der Waals surface area contributed by atoms with E-state index in [9.17, 15) is 9.59 Å². The van der Waals surface area contributed by atoms with Crippen molar-refractivity contribution in [2.24, 2.45) is 0 Å². The number of hydrogen-bond acceptors (Lipinski definition) is 3. The molecule has 1 aliphatic rings. The van der Waals surface area contributed by atoms with Gasteiger partial charge in [-0.05, 0) is 43.5 Å². The van der Waals surface area contributed by atoms with Crippen LogP contribution in [0.2, 0.25) is 5.02 Å². The van der Waals surface area contributed by atoms with E-state index in [0.29, 0.717) is 29.4 Å². The van der Waals surface area contributed by atoms with Crippen LogP contribution < -0.4 is 10.6 Å². The molecule has 6 nitrogen and oxygen atoms in total. The molecule has 0 unspecified atom stereocenters. The maximum atomic E-state index is 12.9. The monoisotopic (exact) mass is 394 g/mol. The second kappa shape index (κ2) is 7.86. The molecule has 7 heteroatoms. The fourth-order valence-corrected chi connectivity index (χ4v) is 3.53. The molecule has 0 bridgehead atoms. The van der Waals surface area contributed by atoms with Crippen LogP contribution in [-0.2, 0) is 13.0 Å². The zero-order chi connectivity index (χ0) is 19.5. The summed E-state index contributed by atoms with van der Waals surface area (Å²) in [6.07, 6.45) is 2.61. The van der Waals surface area contributed by atoms with Crippen molar-refractivity contribution >= 4 is 34.8 Å². The quantitative estimate of drug-likeness (QED) is 0.689. The molecular formula is C21H19ClN4O2. The summed E-state index contributed by atoms with van der Waals surface area (Å²) < 4.78 is 1.85. The number of hydrogen-bond donors (Lipinski definition) is 2. The van der Waals surface area contributed by atoms with Crippen molar-refractivity contribution in [3.8, 4) is 0 Å². The van der Waals surface area contributed by atoms with E-state index in [1.165, 1.54) is 0 Å². The number of aromatic nitrogens is 2. The van der Waals surface area contributed by atoms with Gasteiger partial charge >= 0.3 is 0 Å². The highest BCUT2D eigenvalue weighted by Crippen LogP contribution is 2.25. The molecular weight excluding hydrogens is 376 g/mol. The Morgan fingerprint density at radius 1 is 0.929 bits per heavy atom. The molecule has 2 N–H and O–H groups in total. The smallest absolute Gasteiger partial charge is 0.291 e. The number of carbonyl (C=O) groups excluding carboxylic acids is 2. The van der Waals surface area contributed by atoms with Crippen LogP contribution in [0.3, 0.4) is 0 Å². The van der Waals surface area contributed by atoms with Crippen LogP contribution >= 0.6 is 11.6 Å². The predicted molar refractivity (Wildman–Crippen MR) is 109 cm³/mol. The van der Waals surface area contributed by atoms with Gasteiger partial charge in [-0.1, -0.05) is 41.9 Å². The van der Waals surface area contributed by atoms with Crippen molar-refractivity contribution in [1.29, 1.82) is 0 Å². The third-order valence-electron chi connectivity index (χ3n) is 4.69. The van der Waals surface area contributed by atoms with Crippen molar-refractivity contribution in [3.63, 3.8) is 0 Å². The van der Waals surface area contributed by atoms with Crippen LogP contribution in [0.5, 0.6) is 0 Å². The van der Waals surface area contributed by atoms with Crippen molar-refractivity contribution in [3.05, 3.63) is 76.8 Å². The molecule has 2 amide bonds. The summed E-state index contributed by atoms with van der Waals surface area (Å²) >= 11 is 6.14. The second-order valence-corrected chi connectivity index (χ2v) is 7.00. The van der Waals surface area contributed by atoms with Gasteiger partial charge in [-0.15, -0.1) is 0 Å². The van der Waals surface area contributed by atoms with Crippen LogP contribution in [0.1, 0.15) is 39.6 Å². The molecule has 0 atom stereocenters. The molecule has 0 saturated heterocycles. The maximum Gasteiger partial charge on any atom is 0.291 e. The largest absolute Gasteiger partial charge is 0.323 e. The van der Waals surface area contributed by atoms with Crippen LogP contribution in [0, 0.1) is 0 Å². The third-order valence-corrected chi connectivity index (χ3v) is 5.02. The molecule has 0 spiro atoms. The van der Waals surface area contributed by atoms with Gasteiger partial charge in [-0.2, -0.15) is 0 Å². The highest BCUT2D eigenvalue weighted by molar-refractivity contribution is 6.33. The normalized spacial score (nSPS) is 12.9. The minimum atomic E-state index is -0.363. The minimum absolute atomic E-state index is 0.253. The zero-order valence-corrected chi connectivity index (χ0v) is 15.9. The Balaban J connectivity index is 1.64. The molecule has 4 rings (SSSR count). The summed E-state index contributed by atoms with van der Waals surface area (Å²) in [6.45, 7) is 0.666. The first-order valence-corrected chi connectivity index (χ1v) is 9.53. The van der Waals surface area contributed by atoms with Crippen LogP contribution in [-0.4, -0.2) is 21.4 Å². The highest BCUT2D eigenvalue weighted by Gasteiger charge is 2.27. The van der Waals surface area contributed by atoms with Gasteiger partial charge in [0, 0.05) is 12.2 Å². The minimum Gasteiger partial charge on any atom is -0.323 e. The van der Waals surface area contributed by atoms with Gasteiger partial charge in [-0.3, -0.25) is 9.59 Å². The summed E-state index contributed by atoms with van der Waals surface area (Å²) in [6, 6.07) is 16.2. The first-order chi connectivity index (χ1) is 13.6. The molecule has 0 radical (unpaired) electrons. The Labute approximate surface area is 167 Å². The molecule has 0 saturated carbocycles. The highest BCUT2D eigenvalue weighted by atomic mass is 35.5. The number of nitrogens with one attached hydrogen (secondary N) is 2. The number of amides is 2. The number of imidazole rings is 1. The van der Waals surface area contributed by atoms with E-state index >= 15 is 0 Å². The lowest BCUT2D eigenvalue weighted by Gasteiger charge is -2.17. The van der Waals surface area contributed by atoms with Crippen molar-refractivity contribution in [2.75, 3.05) is 10.6 Å². The topological polar surface area (TPSA) is 76.0 Å². The van der Waals surface area contributed by atoms with Gasteiger partial charge in [-0.25, -0.2) is 4.98 Å². The maximum absolute atomic E-state index is 12.9. The number of para-hydroxylation sites is 2. The number of fused-ring (bicyclic) bond motifs is 1. The Hall–Kier alpha value is -3.12. The Kier molecular flexibility index (Phi) is 5.12.